The third-order valence-corrected chi connectivity index (χ3v) is 6.54. The van der Waals surface area contributed by atoms with Crippen LogP contribution in [-0.2, 0) is 0 Å². The molecule has 5 aromatic heterocycles. The van der Waals surface area contributed by atoms with E-state index >= 15 is 0 Å². The van der Waals surface area contributed by atoms with Crippen LogP contribution in [0.3, 0.4) is 0 Å². The van der Waals surface area contributed by atoms with Crippen LogP contribution in [0.4, 0.5) is 0 Å². The monoisotopic (exact) mass is 429 g/mol. The van der Waals surface area contributed by atoms with Crippen molar-refractivity contribution in [2.45, 2.75) is 0 Å². The molecular weight excluding hydrogens is 418 g/mol. The third-order valence-electron chi connectivity index (χ3n) is 4.53. The van der Waals surface area contributed by atoms with Crippen LogP contribution < -0.4 is 10.1 Å². The van der Waals surface area contributed by atoms with Crippen molar-refractivity contribution in [2.24, 2.45) is 0 Å². The molecular formula is C21H11N5O2S2. The summed E-state index contributed by atoms with van der Waals surface area (Å²) in [6, 6.07) is 15.3. The van der Waals surface area contributed by atoms with E-state index in [9.17, 15) is 4.79 Å². The first kappa shape index (κ1) is 17.2. The van der Waals surface area contributed by atoms with Gasteiger partial charge in [0.05, 0.1) is 10.2 Å². The zero-order valence-corrected chi connectivity index (χ0v) is 16.9. The van der Waals surface area contributed by atoms with Gasteiger partial charge in [0, 0.05) is 24.0 Å². The number of nitrogens with zero attached hydrogens (tertiary/aromatic N) is 5. The van der Waals surface area contributed by atoms with Crippen molar-refractivity contribution in [3.8, 4) is 22.2 Å². The van der Waals surface area contributed by atoms with Gasteiger partial charge in [0.2, 0.25) is 4.96 Å². The zero-order chi connectivity index (χ0) is 20.1. The van der Waals surface area contributed by atoms with Gasteiger partial charge in [0.25, 0.3) is 5.56 Å². The van der Waals surface area contributed by atoms with Crippen LogP contribution >= 0.6 is 22.7 Å². The molecule has 0 spiro atoms. The van der Waals surface area contributed by atoms with Gasteiger partial charge in [-0.3, -0.25) is 9.78 Å². The molecule has 30 heavy (non-hydrogen) atoms. The molecule has 5 heterocycles. The number of para-hydroxylation sites is 1. The molecule has 7 nitrogen and oxygen atoms in total. The molecule has 0 fully saturated rings. The highest BCUT2D eigenvalue weighted by Crippen LogP contribution is 2.31. The Morgan fingerprint density at radius 3 is 2.67 bits per heavy atom. The summed E-state index contributed by atoms with van der Waals surface area (Å²) in [5.74, 6) is 1.76. The van der Waals surface area contributed by atoms with E-state index in [-0.39, 0.29) is 5.56 Å². The Bertz CT molecular complexity index is 1600. The molecule has 1 aromatic carbocycles. The van der Waals surface area contributed by atoms with Crippen LogP contribution in [0.5, 0.6) is 0 Å². The van der Waals surface area contributed by atoms with Crippen LogP contribution in [-0.4, -0.2) is 24.6 Å². The van der Waals surface area contributed by atoms with E-state index in [4.69, 9.17) is 4.42 Å². The van der Waals surface area contributed by atoms with E-state index < -0.39 is 0 Å². The standard InChI is InChI=1S/C21H11N5O2S2/c27-20-17(30-21-24-18(25-26(20)21)12-7-9-22-10-8-12)11-13-5-6-15(28-13)19-23-14-3-1-2-4-16(14)29-19/h1-11H. The molecule has 0 bridgehead atoms. The number of thiazole rings is 2. The molecule has 6 aromatic rings. The Hall–Kier alpha value is -3.69. The number of fused-ring (bicyclic) bond motifs is 2. The second-order valence-electron chi connectivity index (χ2n) is 6.47. The predicted molar refractivity (Wildman–Crippen MR) is 116 cm³/mol. The lowest BCUT2D eigenvalue weighted by molar-refractivity contribution is 0.571. The molecule has 0 saturated carbocycles. The van der Waals surface area contributed by atoms with Crippen molar-refractivity contribution in [1.82, 2.24) is 24.6 Å². The summed E-state index contributed by atoms with van der Waals surface area (Å²) in [6.45, 7) is 0. The van der Waals surface area contributed by atoms with Gasteiger partial charge in [-0.05, 0) is 36.4 Å². The highest BCUT2D eigenvalue weighted by atomic mass is 32.1. The molecule has 0 aliphatic rings. The van der Waals surface area contributed by atoms with Crippen molar-refractivity contribution in [1.29, 1.82) is 0 Å². The summed E-state index contributed by atoms with van der Waals surface area (Å²) < 4.78 is 8.86. The normalized spacial score (nSPS) is 12.3. The van der Waals surface area contributed by atoms with E-state index in [1.807, 2.05) is 48.5 Å². The summed E-state index contributed by atoms with van der Waals surface area (Å²) in [5.41, 5.74) is 1.54. The summed E-state index contributed by atoms with van der Waals surface area (Å²) >= 11 is 2.85. The largest absolute Gasteiger partial charge is 0.454 e. The van der Waals surface area contributed by atoms with Gasteiger partial charge < -0.3 is 4.42 Å². The molecule has 0 unspecified atom stereocenters. The van der Waals surface area contributed by atoms with Crippen LogP contribution in [0, 0.1) is 0 Å². The first-order chi connectivity index (χ1) is 14.7. The van der Waals surface area contributed by atoms with Crippen molar-refractivity contribution < 1.29 is 4.42 Å². The molecule has 6 rings (SSSR count). The number of pyridine rings is 1. The van der Waals surface area contributed by atoms with Crippen molar-refractivity contribution >= 4 is 43.9 Å². The van der Waals surface area contributed by atoms with Gasteiger partial charge in [0.1, 0.15) is 10.3 Å². The number of hydrogen-bond acceptors (Lipinski definition) is 8. The van der Waals surface area contributed by atoms with Crippen LogP contribution in [0.2, 0.25) is 0 Å². The minimum Gasteiger partial charge on any atom is -0.454 e. The minimum atomic E-state index is -0.222. The molecule has 0 atom stereocenters. The Morgan fingerprint density at radius 2 is 1.83 bits per heavy atom. The van der Waals surface area contributed by atoms with E-state index in [0.717, 1.165) is 20.8 Å². The Balaban J connectivity index is 1.38. The summed E-state index contributed by atoms with van der Waals surface area (Å²) in [6.07, 6.45) is 5.05. The molecule has 0 radical (unpaired) electrons. The Labute approximate surface area is 176 Å². The smallest absolute Gasteiger partial charge is 0.291 e. The lowest BCUT2D eigenvalue weighted by atomic mass is 10.3. The van der Waals surface area contributed by atoms with E-state index in [1.54, 1.807) is 29.8 Å². The van der Waals surface area contributed by atoms with Crippen LogP contribution in [0.1, 0.15) is 5.76 Å². The lowest BCUT2D eigenvalue weighted by Gasteiger charge is -1.90. The maximum atomic E-state index is 12.7. The number of furan rings is 1. The third kappa shape index (κ3) is 2.83. The maximum absolute atomic E-state index is 12.7. The van der Waals surface area contributed by atoms with Crippen LogP contribution in [0.15, 0.2) is 70.1 Å². The van der Waals surface area contributed by atoms with E-state index in [2.05, 4.69) is 20.1 Å². The fourth-order valence-corrected chi connectivity index (χ4v) is 4.92. The predicted octanol–water partition coefficient (Wildman–Crippen LogP) is 3.63. The Kier molecular flexibility index (Phi) is 3.83. The van der Waals surface area contributed by atoms with Crippen molar-refractivity contribution in [3.05, 3.63) is 81.6 Å². The average Bonchev–Trinajstić information content (AvgIpc) is 3.54. The van der Waals surface area contributed by atoms with Gasteiger partial charge in [-0.15, -0.1) is 16.4 Å². The lowest BCUT2D eigenvalue weighted by Crippen LogP contribution is -2.23. The van der Waals surface area contributed by atoms with Gasteiger partial charge in [-0.1, -0.05) is 23.5 Å². The Morgan fingerprint density at radius 1 is 0.967 bits per heavy atom. The van der Waals surface area contributed by atoms with Gasteiger partial charge in [0.15, 0.2) is 16.6 Å². The first-order valence-corrected chi connectivity index (χ1v) is 10.7. The number of benzene rings is 1. The molecule has 0 saturated heterocycles. The van der Waals surface area contributed by atoms with Crippen molar-refractivity contribution in [3.63, 3.8) is 0 Å². The van der Waals surface area contributed by atoms with Crippen LogP contribution in [0.25, 0.3) is 43.4 Å². The van der Waals surface area contributed by atoms with E-state index in [1.165, 1.54) is 15.9 Å². The molecule has 0 aliphatic carbocycles. The highest BCUT2D eigenvalue weighted by Gasteiger charge is 2.13. The second-order valence-corrected chi connectivity index (χ2v) is 8.51. The molecule has 0 amide bonds. The quantitative estimate of drug-likeness (QED) is 0.427. The topological polar surface area (TPSA) is 86.2 Å². The summed E-state index contributed by atoms with van der Waals surface area (Å²) in [5, 5.41) is 5.15. The highest BCUT2D eigenvalue weighted by molar-refractivity contribution is 7.21. The summed E-state index contributed by atoms with van der Waals surface area (Å²) in [7, 11) is 0. The molecule has 0 N–H and O–H groups in total. The van der Waals surface area contributed by atoms with Gasteiger partial charge in [-0.25, -0.2) is 4.98 Å². The second kappa shape index (κ2) is 6.68. The fourth-order valence-electron chi connectivity index (χ4n) is 3.11. The molecule has 0 aliphatic heterocycles. The number of hydrogen-bond donors (Lipinski definition) is 0. The van der Waals surface area contributed by atoms with Gasteiger partial charge in [-0.2, -0.15) is 9.50 Å². The van der Waals surface area contributed by atoms with Gasteiger partial charge >= 0.3 is 0 Å². The van der Waals surface area contributed by atoms with E-state index in [0.29, 0.717) is 26.8 Å². The zero-order valence-electron chi connectivity index (χ0n) is 15.2. The molecule has 144 valence electrons. The first-order valence-electron chi connectivity index (χ1n) is 9.02. The van der Waals surface area contributed by atoms with Crippen molar-refractivity contribution in [2.75, 3.05) is 0 Å². The number of rotatable bonds is 3. The average molecular weight is 429 g/mol. The number of aromatic nitrogens is 5. The fraction of sp³-hybridized carbons (Fsp3) is 0. The summed E-state index contributed by atoms with van der Waals surface area (Å²) in [4.78, 5) is 26.3. The minimum absolute atomic E-state index is 0.222. The molecule has 9 heteroatoms. The maximum Gasteiger partial charge on any atom is 0.291 e. The SMILES string of the molecule is O=c1c(=Cc2ccc(-c3nc4ccccc4s3)o2)sc2nc(-c3ccncc3)nn12.